The standard InChI is InChI=1S/C13H11O6P/c14-13(19-20(15,16)17)11-8-4-5-9-12(11)18-10-6-2-1-3-7-10/h1-9H,(H2,15,16,17). The van der Waals surface area contributed by atoms with Gasteiger partial charge >= 0.3 is 13.8 Å². The van der Waals surface area contributed by atoms with E-state index in [-0.39, 0.29) is 11.3 Å². The van der Waals surface area contributed by atoms with E-state index in [9.17, 15) is 9.36 Å². The second kappa shape index (κ2) is 5.88. The van der Waals surface area contributed by atoms with Crippen molar-refractivity contribution in [3.8, 4) is 11.5 Å². The lowest BCUT2D eigenvalue weighted by molar-refractivity contribution is 0.0675. The highest BCUT2D eigenvalue weighted by molar-refractivity contribution is 7.46. The number of benzene rings is 2. The number of phosphoric ester groups is 1. The van der Waals surface area contributed by atoms with Gasteiger partial charge in [-0.25, -0.2) is 9.36 Å². The maximum absolute atomic E-state index is 11.7. The molecule has 2 N–H and O–H groups in total. The highest BCUT2D eigenvalue weighted by Crippen LogP contribution is 2.38. The number of hydrogen-bond donors (Lipinski definition) is 2. The van der Waals surface area contributed by atoms with Crippen LogP contribution in [0.3, 0.4) is 0 Å². The van der Waals surface area contributed by atoms with Crippen LogP contribution in [-0.2, 0) is 9.09 Å². The van der Waals surface area contributed by atoms with Crippen LogP contribution in [-0.4, -0.2) is 15.8 Å². The summed E-state index contributed by atoms with van der Waals surface area (Å²) < 4.78 is 20.2. The monoisotopic (exact) mass is 294 g/mol. The molecule has 2 aromatic rings. The van der Waals surface area contributed by atoms with E-state index < -0.39 is 13.8 Å². The quantitative estimate of drug-likeness (QED) is 0.842. The third-order valence-corrected chi connectivity index (χ3v) is 2.68. The van der Waals surface area contributed by atoms with E-state index in [1.807, 2.05) is 0 Å². The molecule has 0 heterocycles. The lowest BCUT2D eigenvalue weighted by Gasteiger charge is -2.10. The van der Waals surface area contributed by atoms with Gasteiger partial charge in [0.05, 0.1) is 0 Å². The number of carbonyl (C=O) groups is 1. The molecule has 0 aliphatic carbocycles. The zero-order valence-corrected chi connectivity index (χ0v) is 11.1. The molecular weight excluding hydrogens is 283 g/mol. The molecule has 0 spiro atoms. The van der Waals surface area contributed by atoms with Gasteiger partial charge in [0.2, 0.25) is 0 Å². The molecule has 0 amide bonds. The molecule has 0 saturated heterocycles. The predicted molar refractivity (Wildman–Crippen MR) is 70.4 cm³/mol. The average molecular weight is 294 g/mol. The second-order valence-electron chi connectivity index (χ2n) is 3.78. The fourth-order valence-corrected chi connectivity index (χ4v) is 1.81. The summed E-state index contributed by atoms with van der Waals surface area (Å²) in [6.45, 7) is 0. The Balaban J connectivity index is 2.27. The van der Waals surface area contributed by atoms with Crippen molar-refractivity contribution in [3.63, 3.8) is 0 Å². The van der Waals surface area contributed by atoms with Crippen molar-refractivity contribution in [2.24, 2.45) is 0 Å². The van der Waals surface area contributed by atoms with Crippen molar-refractivity contribution in [2.45, 2.75) is 0 Å². The molecule has 6 nitrogen and oxygen atoms in total. The molecule has 0 unspecified atom stereocenters. The van der Waals surface area contributed by atoms with E-state index in [0.717, 1.165) is 0 Å². The van der Waals surface area contributed by atoms with Crippen LogP contribution < -0.4 is 4.74 Å². The molecular formula is C13H11O6P. The van der Waals surface area contributed by atoms with E-state index in [4.69, 9.17) is 14.5 Å². The summed E-state index contributed by atoms with van der Waals surface area (Å²) in [4.78, 5) is 29.0. The van der Waals surface area contributed by atoms with Crippen LogP contribution in [0.2, 0.25) is 0 Å². The van der Waals surface area contributed by atoms with Crippen molar-refractivity contribution < 1.29 is 28.4 Å². The van der Waals surface area contributed by atoms with Crippen LogP contribution in [0, 0.1) is 0 Å². The van der Waals surface area contributed by atoms with Crippen LogP contribution >= 0.6 is 7.82 Å². The molecule has 20 heavy (non-hydrogen) atoms. The summed E-state index contributed by atoms with van der Waals surface area (Å²) in [6.07, 6.45) is 0. The van der Waals surface area contributed by atoms with Crippen molar-refractivity contribution in [1.82, 2.24) is 0 Å². The van der Waals surface area contributed by atoms with E-state index in [1.54, 1.807) is 36.4 Å². The first-order valence-electron chi connectivity index (χ1n) is 5.57. The molecule has 0 aliphatic heterocycles. The summed E-state index contributed by atoms with van der Waals surface area (Å²) in [5.41, 5.74) is -0.0697. The highest BCUT2D eigenvalue weighted by atomic mass is 31.2. The zero-order chi connectivity index (χ0) is 14.6. The molecule has 0 fully saturated rings. The van der Waals surface area contributed by atoms with Crippen LogP contribution in [0.15, 0.2) is 54.6 Å². The average Bonchev–Trinajstić information content (AvgIpc) is 2.38. The summed E-state index contributed by atoms with van der Waals surface area (Å²) in [6, 6.07) is 14.7. The molecule has 104 valence electrons. The Bertz CT molecular complexity index is 649. The molecule has 2 rings (SSSR count). The number of carbonyl (C=O) groups excluding carboxylic acids is 1. The summed E-state index contributed by atoms with van der Waals surface area (Å²) in [5.74, 6) is -0.508. The Labute approximate surface area is 114 Å². The fraction of sp³-hybridized carbons (Fsp3) is 0. The predicted octanol–water partition coefficient (Wildman–Crippen LogP) is 2.73. The van der Waals surface area contributed by atoms with Crippen LogP contribution in [0.25, 0.3) is 0 Å². The maximum Gasteiger partial charge on any atom is 0.527 e. The molecule has 0 radical (unpaired) electrons. The fourth-order valence-electron chi connectivity index (χ4n) is 1.50. The molecule has 0 atom stereocenters. The molecule has 0 aromatic heterocycles. The van der Waals surface area contributed by atoms with Gasteiger partial charge in [-0.1, -0.05) is 30.3 Å². The topological polar surface area (TPSA) is 93.1 Å². The molecule has 2 aromatic carbocycles. The summed E-state index contributed by atoms with van der Waals surface area (Å²) in [7, 11) is -4.89. The van der Waals surface area contributed by atoms with Crippen molar-refractivity contribution in [2.75, 3.05) is 0 Å². The van der Waals surface area contributed by atoms with Gasteiger partial charge in [-0.3, -0.25) is 9.79 Å². The first-order chi connectivity index (χ1) is 9.46. The van der Waals surface area contributed by atoms with E-state index in [2.05, 4.69) is 4.52 Å². The summed E-state index contributed by atoms with van der Waals surface area (Å²) in [5, 5.41) is 0. The first-order valence-corrected chi connectivity index (χ1v) is 7.10. The van der Waals surface area contributed by atoms with Crippen LogP contribution in [0.5, 0.6) is 11.5 Å². The van der Waals surface area contributed by atoms with Gasteiger partial charge in [0.15, 0.2) is 0 Å². The maximum atomic E-state index is 11.7. The Hall–Kier alpha value is -2.14. The Morgan fingerprint density at radius 2 is 1.55 bits per heavy atom. The van der Waals surface area contributed by atoms with E-state index in [0.29, 0.717) is 5.75 Å². The van der Waals surface area contributed by atoms with E-state index in [1.165, 1.54) is 18.2 Å². The highest BCUT2D eigenvalue weighted by Gasteiger charge is 2.24. The molecule has 0 saturated carbocycles. The molecule has 7 heteroatoms. The van der Waals surface area contributed by atoms with E-state index >= 15 is 0 Å². The van der Waals surface area contributed by atoms with Crippen molar-refractivity contribution in [1.29, 1.82) is 0 Å². The third-order valence-electron chi connectivity index (χ3n) is 2.28. The lowest BCUT2D eigenvalue weighted by atomic mass is 10.2. The molecule has 0 aliphatic rings. The lowest BCUT2D eigenvalue weighted by Crippen LogP contribution is -2.05. The van der Waals surface area contributed by atoms with Gasteiger partial charge in [-0.15, -0.1) is 0 Å². The minimum atomic E-state index is -4.89. The van der Waals surface area contributed by atoms with Gasteiger partial charge in [0, 0.05) is 0 Å². The number of ether oxygens (including phenoxy) is 1. The van der Waals surface area contributed by atoms with Gasteiger partial charge in [-0.2, -0.15) is 0 Å². The minimum absolute atomic E-state index is 0.0697. The Kier molecular flexibility index (Phi) is 4.20. The summed E-state index contributed by atoms with van der Waals surface area (Å²) >= 11 is 0. The van der Waals surface area contributed by atoms with Gasteiger partial charge in [-0.05, 0) is 24.3 Å². The number of hydrogen-bond acceptors (Lipinski definition) is 4. The van der Waals surface area contributed by atoms with Gasteiger partial charge in [0.25, 0.3) is 0 Å². The van der Waals surface area contributed by atoms with Crippen LogP contribution in [0.1, 0.15) is 10.4 Å². The third kappa shape index (κ3) is 3.93. The van der Waals surface area contributed by atoms with Gasteiger partial charge in [0.1, 0.15) is 17.1 Å². The van der Waals surface area contributed by atoms with Crippen LogP contribution in [0.4, 0.5) is 0 Å². The number of rotatable bonds is 4. The SMILES string of the molecule is O=C(OP(=O)(O)O)c1ccccc1Oc1ccccc1. The minimum Gasteiger partial charge on any atom is -0.456 e. The second-order valence-corrected chi connectivity index (χ2v) is 4.94. The van der Waals surface area contributed by atoms with Crippen molar-refractivity contribution >= 4 is 13.8 Å². The normalized spacial score (nSPS) is 10.9. The van der Waals surface area contributed by atoms with Gasteiger partial charge < -0.3 is 9.26 Å². The molecule has 0 bridgehead atoms. The first kappa shape index (κ1) is 14.3. The van der Waals surface area contributed by atoms with Crippen molar-refractivity contribution in [3.05, 3.63) is 60.2 Å². The smallest absolute Gasteiger partial charge is 0.456 e. The Morgan fingerprint density at radius 1 is 0.950 bits per heavy atom. The largest absolute Gasteiger partial charge is 0.527 e. The Morgan fingerprint density at radius 3 is 2.20 bits per heavy atom. The number of para-hydroxylation sites is 2. The number of phosphoric acid groups is 1. The zero-order valence-electron chi connectivity index (χ0n) is 10.2.